The van der Waals surface area contributed by atoms with E-state index >= 15 is 0 Å². The fraction of sp³-hybridized carbons (Fsp3) is 0.308. The van der Waals surface area contributed by atoms with E-state index in [0.29, 0.717) is 0 Å². The van der Waals surface area contributed by atoms with Crippen molar-refractivity contribution in [1.29, 1.82) is 10.8 Å². The van der Waals surface area contributed by atoms with Crippen LogP contribution in [0.25, 0.3) is 10.2 Å². The highest BCUT2D eigenvalue weighted by molar-refractivity contribution is 7.16. The zero-order chi connectivity index (χ0) is 14.8. The number of fused-ring (bicyclic) bond motifs is 1. The summed E-state index contributed by atoms with van der Waals surface area (Å²) in [5.41, 5.74) is 7.95. The van der Waals surface area contributed by atoms with E-state index in [1.807, 2.05) is 23.7 Å². The lowest BCUT2D eigenvalue weighted by Crippen LogP contribution is -2.43. The number of aromatic nitrogens is 1. The molecule has 1 aromatic carbocycles. The van der Waals surface area contributed by atoms with Gasteiger partial charge < -0.3 is 11.1 Å². The smallest absolute Gasteiger partial charge is 0.195 e. The Morgan fingerprint density at radius 3 is 2.67 bits per heavy atom. The van der Waals surface area contributed by atoms with E-state index in [-0.39, 0.29) is 24.3 Å². The first kappa shape index (κ1) is 19.1. The van der Waals surface area contributed by atoms with Gasteiger partial charge in [0.25, 0.3) is 0 Å². The Hall–Kier alpha value is -1.86. The van der Waals surface area contributed by atoms with Gasteiger partial charge in [0.2, 0.25) is 0 Å². The fourth-order valence-electron chi connectivity index (χ4n) is 1.37. The van der Waals surface area contributed by atoms with Crippen molar-refractivity contribution in [2.45, 2.75) is 19.8 Å². The van der Waals surface area contributed by atoms with E-state index in [1.54, 1.807) is 11.3 Å². The lowest BCUT2D eigenvalue weighted by atomic mass is 10.3. The van der Waals surface area contributed by atoms with Crippen LogP contribution in [0.15, 0.2) is 29.8 Å². The average Bonchev–Trinajstić information content (AvgIpc) is 2.87. The Balaban J connectivity index is 0.000000367. The second kappa shape index (κ2) is 10.9. The zero-order valence-electron chi connectivity index (χ0n) is 11.8. The molecule has 1 aromatic heterocycles. The molecular formula is C13H21ClN6S. The SMILES string of the molecule is CCCCNC(=N)NC(=N)N.Cl.c1ccc2scnc2c1. The summed E-state index contributed by atoms with van der Waals surface area (Å²) in [6.07, 6.45) is 2.10. The molecule has 0 saturated carbocycles. The molecule has 2 aromatic rings. The minimum Gasteiger partial charge on any atom is -0.370 e. The van der Waals surface area contributed by atoms with Crippen LogP contribution >= 0.6 is 23.7 Å². The summed E-state index contributed by atoms with van der Waals surface area (Å²) in [7, 11) is 0. The van der Waals surface area contributed by atoms with Gasteiger partial charge in [-0.1, -0.05) is 25.5 Å². The molecule has 0 aliphatic carbocycles. The van der Waals surface area contributed by atoms with Crippen LogP contribution < -0.4 is 16.4 Å². The maximum atomic E-state index is 7.15. The normalized spacial score (nSPS) is 9.00. The summed E-state index contributed by atoms with van der Waals surface area (Å²) in [5.74, 6) is -0.120. The molecule has 21 heavy (non-hydrogen) atoms. The Morgan fingerprint density at radius 1 is 1.33 bits per heavy atom. The van der Waals surface area contributed by atoms with E-state index in [1.165, 1.54) is 4.70 Å². The van der Waals surface area contributed by atoms with E-state index in [4.69, 9.17) is 16.6 Å². The first-order valence-electron chi connectivity index (χ1n) is 6.35. The zero-order valence-corrected chi connectivity index (χ0v) is 13.5. The topological polar surface area (TPSA) is 111 Å². The second-order valence-corrected chi connectivity index (χ2v) is 4.90. The molecule has 0 unspecified atom stereocenters. The third kappa shape index (κ3) is 8.11. The predicted molar refractivity (Wildman–Crippen MR) is 92.6 cm³/mol. The van der Waals surface area contributed by atoms with Gasteiger partial charge >= 0.3 is 0 Å². The van der Waals surface area contributed by atoms with Crippen LogP contribution in [0.2, 0.25) is 0 Å². The predicted octanol–water partition coefficient (Wildman–Crippen LogP) is 2.51. The number of nitrogens with zero attached hydrogens (tertiary/aromatic N) is 1. The largest absolute Gasteiger partial charge is 0.370 e. The summed E-state index contributed by atoms with van der Waals surface area (Å²) in [6.45, 7) is 2.82. The lowest BCUT2D eigenvalue weighted by molar-refractivity contribution is 0.744. The number of rotatable bonds is 3. The molecule has 0 spiro atoms. The minimum atomic E-state index is -0.209. The van der Waals surface area contributed by atoms with Gasteiger partial charge in [0.1, 0.15) is 0 Å². The molecule has 6 N–H and O–H groups in total. The van der Waals surface area contributed by atoms with Crippen molar-refractivity contribution < 1.29 is 0 Å². The van der Waals surface area contributed by atoms with Crippen molar-refractivity contribution in [3.05, 3.63) is 29.8 Å². The molecule has 0 radical (unpaired) electrons. The first-order chi connectivity index (χ1) is 9.63. The van der Waals surface area contributed by atoms with Crippen LogP contribution in [0.5, 0.6) is 0 Å². The van der Waals surface area contributed by atoms with Crippen molar-refractivity contribution in [3.63, 3.8) is 0 Å². The first-order valence-corrected chi connectivity index (χ1v) is 7.23. The van der Waals surface area contributed by atoms with Gasteiger partial charge in [-0.2, -0.15) is 0 Å². The van der Waals surface area contributed by atoms with Crippen molar-refractivity contribution in [3.8, 4) is 0 Å². The van der Waals surface area contributed by atoms with Crippen molar-refractivity contribution in [1.82, 2.24) is 15.6 Å². The van der Waals surface area contributed by atoms with Gasteiger partial charge in [-0.05, 0) is 18.6 Å². The number of nitrogens with one attached hydrogen (secondary N) is 4. The molecule has 1 heterocycles. The van der Waals surface area contributed by atoms with Crippen LogP contribution in [0.3, 0.4) is 0 Å². The Bertz CT molecular complexity index is 526. The molecule has 116 valence electrons. The number of hydrogen-bond donors (Lipinski definition) is 5. The molecule has 0 aliphatic heterocycles. The van der Waals surface area contributed by atoms with E-state index in [0.717, 1.165) is 24.9 Å². The molecule has 0 bridgehead atoms. The Labute approximate surface area is 134 Å². The molecule has 0 fully saturated rings. The summed E-state index contributed by atoms with van der Waals surface area (Å²) >= 11 is 1.68. The maximum absolute atomic E-state index is 7.15. The lowest BCUT2D eigenvalue weighted by Gasteiger charge is -2.06. The average molecular weight is 329 g/mol. The number of halogens is 1. The van der Waals surface area contributed by atoms with Crippen LogP contribution in [-0.2, 0) is 0 Å². The fourth-order valence-corrected chi connectivity index (χ4v) is 2.05. The summed E-state index contributed by atoms with van der Waals surface area (Å²) in [6, 6.07) is 8.13. The van der Waals surface area contributed by atoms with Crippen LogP contribution in [0.4, 0.5) is 0 Å². The summed E-state index contributed by atoms with van der Waals surface area (Å²) in [5, 5.41) is 19.0. The van der Waals surface area contributed by atoms with Crippen LogP contribution in [0, 0.1) is 10.8 Å². The van der Waals surface area contributed by atoms with Gasteiger partial charge in [-0.3, -0.25) is 16.1 Å². The standard InChI is InChI=1S/C7H5NS.C6H15N5.ClH/c1-2-4-7-6(3-1)8-5-9-7;1-2-3-4-10-6(9)11-5(7)8;/h1-5H;2-4H2,1H3,(H6,7,8,9,10,11);1H. The molecule has 0 saturated heterocycles. The van der Waals surface area contributed by atoms with E-state index in [2.05, 4.69) is 28.6 Å². The third-order valence-electron chi connectivity index (χ3n) is 2.33. The number of hydrogen-bond acceptors (Lipinski definition) is 4. The second-order valence-electron chi connectivity index (χ2n) is 4.01. The Kier molecular flexibility index (Phi) is 9.91. The summed E-state index contributed by atoms with van der Waals surface area (Å²) in [4.78, 5) is 4.14. The van der Waals surface area contributed by atoms with E-state index < -0.39 is 0 Å². The number of benzene rings is 1. The highest BCUT2D eigenvalue weighted by atomic mass is 35.5. The molecule has 8 heteroatoms. The van der Waals surface area contributed by atoms with Crippen molar-refractivity contribution in [2.75, 3.05) is 6.54 Å². The molecule has 0 atom stereocenters. The molecule has 0 amide bonds. The highest BCUT2D eigenvalue weighted by Crippen LogP contribution is 2.15. The van der Waals surface area contributed by atoms with E-state index in [9.17, 15) is 0 Å². The maximum Gasteiger partial charge on any atom is 0.195 e. The molecule has 6 nitrogen and oxygen atoms in total. The number of unbranched alkanes of at least 4 members (excludes halogenated alkanes) is 1. The number of nitrogens with two attached hydrogens (primary N) is 1. The molecular weight excluding hydrogens is 308 g/mol. The van der Waals surface area contributed by atoms with Gasteiger partial charge in [-0.25, -0.2) is 4.98 Å². The summed E-state index contributed by atoms with van der Waals surface area (Å²) < 4.78 is 1.26. The van der Waals surface area contributed by atoms with Gasteiger partial charge in [0.15, 0.2) is 11.9 Å². The number of guanidine groups is 2. The van der Waals surface area contributed by atoms with Gasteiger partial charge in [0, 0.05) is 6.54 Å². The van der Waals surface area contributed by atoms with Crippen LogP contribution in [-0.4, -0.2) is 23.4 Å². The highest BCUT2D eigenvalue weighted by Gasteiger charge is 1.93. The van der Waals surface area contributed by atoms with Crippen LogP contribution in [0.1, 0.15) is 19.8 Å². The van der Waals surface area contributed by atoms with Gasteiger partial charge in [0.05, 0.1) is 15.7 Å². The minimum absolute atomic E-state index is 0. The molecule has 2 rings (SSSR count). The number of para-hydroxylation sites is 1. The third-order valence-corrected chi connectivity index (χ3v) is 3.14. The van der Waals surface area contributed by atoms with Gasteiger partial charge in [-0.15, -0.1) is 23.7 Å². The van der Waals surface area contributed by atoms with Crippen molar-refractivity contribution in [2.24, 2.45) is 5.73 Å². The Morgan fingerprint density at radius 2 is 2.05 bits per heavy atom. The van der Waals surface area contributed by atoms with Crippen molar-refractivity contribution >= 4 is 45.9 Å². The quantitative estimate of drug-likeness (QED) is 0.338. The number of thiazole rings is 1. The molecule has 0 aliphatic rings. The monoisotopic (exact) mass is 328 g/mol.